The number of carbonyl (C=O) groups excluding carboxylic acids is 1. The number of hydrogen-bond donors (Lipinski definition) is 1. The molecule has 0 aromatic heterocycles. The molecule has 5 nitrogen and oxygen atoms in total. The van der Waals surface area contributed by atoms with Crippen LogP contribution in [0.15, 0.2) is 30.3 Å². The largest absolute Gasteiger partial charge is 0.481 e. The molecule has 1 aromatic rings. The van der Waals surface area contributed by atoms with Crippen LogP contribution in [0.4, 0.5) is 0 Å². The Balaban J connectivity index is 1.70. The van der Waals surface area contributed by atoms with Crippen molar-refractivity contribution in [3.63, 3.8) is 0 Å². The van der Waals surface area contributed by atoms with E-state index in [0.29, 0.717) is 31.6 Å². The molecule has 5 heteroatoms. The van der Waals surface area contributed by atoms with E-state index in [4.69, 9.17) is 4.74 Å². The van der Waals surface area contributed by atoms with Crippen LogP contribution in [0.5, 0.6) is 5.75 Å². The van der Waals surface area contributed by atoms with Gasteiger partial charge in [-0.1, -0.05) is 18.2 Å². The van der Waals surface area contributed by atoms with Crippen LogP contribution in [0.25, 0.3) is 0 Å². The van der Waals surface area contributed by atoms with E-state index < -0.39 is 17.0 Å². The molecule has 0 bridgehead atoms. The minimum absolute atomic E-state index is 0.0728. The molecule has 3 rings (SSSR count). The fraction of sp³-hybridized carbons (Fsp3) is 0.500. The van der Waals surface area contributed by atoms with Crippen LogP contribution in [0.3, 0.4) is 0 Å². The van der Waals surface area contributed by atoms with E-state index >= 15 is 0 Å². The SMILES string of the molecule is CC1(C(=O)O)CCN(C(=O)C2(Oc3ccccc3)CC2)C1. The number of benzene rings is 1. The lowest BCUT2D eigenvalue weighted by molar-refractivity contribution is -0.148. The van der Waals surface area contributed by atoms with Crippen molar-refractivity contribution in [1.82, 2.24) is 4.90 Å². The zero-order chi connectivity index (χ0) is 15.1. The molecule has 1 amide bonds. The van der Waals surface area contributed by atoms with E-state index in [1.165, 1.54) is 0 Å². The molecule has 1 aromatic carbocycles. The summed E-state index contributed by atoms with van der Waals surface area (Å²) in [5.41, 5.74) is -1.61. The molecule has 1 saturated heterocycles. The summed E-state index contributed by atoms with van der Waals surface area (Å²) in [5, 5.41) is 9.26. The number of rotatable bonds is 4. The van der Waals surface area contributed by atoms with Crippen LogP contribution in [-0.2, 0) is 9.59 Å². The molecule has 0 spiro atoms. The molecule has 1 saturated carbocycles. The van der Waals surface area contributed by atoms with Crippen molar-refractivity contribution in [2.45, 2.75) is 31.8 Å². The minimum atomic E-state index is -0.841. The summed E-state index contributed by atoms with van der Waals surface area (Å²) in [5.74, 6) is -0.230. The summed E-state index contributed by atoms with van der Waals surface area (Å²) in [6.45, 7) is 2.45. The standard InChI is InChI=1S/C16H19NO4/c1-15(14(19)20)9-10-17(11-15)13(18)16(7-8-16)21-12-5-3-2-4-6-12/h2-6H,7-11H2,1H3,(H,19,20). The smallest absolute Gasteiger partial charge is 0.311 e. The van der Waals surface area contributed by atoms with Crippen molar-refractivity contribution in [2.24, 2.45) is 5.41 Å². The second-order valence-corrected chi connectivity index (χ2v) is 6.25. The maximum atomic E-state index is 12.7. The molecule has 0 radical (unpaired) electrons. The number of likely N-dealkylation sites (tertiary alicyclic amines) is 1. The molecule has 1 N–H and O–H groups in total. The van der Waals surface area contributed by atoms with E-state index in [2.05, 4.69) is 0 Å². The molecule has 112 valence electrons. The van der Waals surface area contributed by atoms with Gasteiger partial charge in [0.2, 0.25) is 0 Å². The van der Waals surface area contributed by atoms with Crippen LogP contribution in [-0.4, -0.2) is 40.6 Å². The van der Waals surface area contributed by atoms with Crippen LogP contribution >= 0.6 is 0 Å². The normalized spacial score (nSPS) is 26.4. The molecule has 21 heavy (non-hydrogen) atoms. The monoisotopic (exact) mass is 289 g/mol. The van der Waals surface area contributed by atoms with Crippen molar-refractivity contribution in [1.29, 1.82) is 0 Å². The maximum absolute atomic E-state index is 12.7. The molecule has 2 fully saturated rings. The molecule has 1 unspecified atom stereocenters. The Labute approximate surface area is 123 Å². The Kier molecular flexibility index (Phi) is 3.15. The first-order valence-electron chi connectivity index (χ1n) is 7.22. The van der Waals surface area contributed by atoms with Gasteiger partial charge in [0.15, 0.2) is 5.60 Å². The van der Waals surface area contributed by atoms with Gasteiger partial charge in [-0.2, -0.15) is 0 Å². The van der Waals surface area contributed by atoms with Gasteiger partial charge in [0.1, 0.15) is 5.75 Å². The average molecular weight is 289 g/mol. The van der Waals surface area contributed by atoms with Gasteiger partial charge in [0.25, 0.3) is 5.91 Å². The van der Waals surface area contributed by atoms with E-state index in [9.17, 15) is 14.7 Å². The third kappa shape index (κ3) is 2.48. The quantitative estimate of drug-likeness (QED) is 0.919. The highest BCUT2D eigenvalue weighted by molar-refractivity contribution is 5.90. The summed E-state index contributed by atoms with van der Waals surface area (Å²) in [6, 6.07) is 9.30. The van der Waals surface area contributed by atoms with Crippen LogP contribution in [0.1, 0.15) is 26.2 Å². The summed E-state index contributed by atoms with van der Waals surface area (Å²) in [6.07, 6.45) is 1.89. The van der Waals surface area contributed by atoms with Gasteiger partial charge in [-0.3, -0.25) is 9.59 Å². The lowest BCUT2D eigenvalue weighted by Crippen LogP contribution is -2.44. The van der Waals surface area contributed by atoms with Gasteiger partial charge >= 0.3 is 5.97 Å². The fourth-order valence-corrected chi connectivity index (χ4v) is 2.78. The van der Waals surface area contributed by atoms with Gasteiger partial charge < -0.3 is 14.7 Å². The van der Waals surface area contributed by atoms with Gasteiger partial charge in [-0.25, -0.2) is 0 Å². The highest BCUT2D eigenvalue weighted by Gasteiger charge is 2.57. The summed E-state index contributed by atoms with van der Waals surface area (Å²) >= 11 is 0. The maximum Gasteiger partial charge on any atom is 0.311 e. The van der Waals surface area contributed by atoms with Crippen molar-refractivity contribution in [3.8, 4) is 5.75 Å². The van der Waals surface area contributed by atoms with E-state index in [0.717, 1.165) is 0 Å². The first-order chi connectivity index (χ1) is 9.95. The number of para-hydroxylation sites is 1. The van der Waals surface area contributed by atoms with Crippen molar-refractivity contribution < 1.29 is 19.4 Å². The number of ether oxygens (including phenoxy) is 1. The zero-order valence-electron chi connectivity index (χ0n) is 12.0. The molecule has 1 heterocycles. The number of carboxylic acids is 1. The molecular formula is C16H19NO4. The third-order valence-corrected chi connectivity index (χ3v) is 4.43. The van der Waals surface area contributed by atoms with Crippen LogP contribution < -0.4 is 4.74 Å². The van der Waals surface area contributed by atoms with E-state index in [1.807, 2.05) is 30.3 Å². The molecule has 1 atom stereocenters. The predicted molar refractivity (Wildman–Crippen MR) is 76.0 cm³/mol. The summed E-state index contributed by atoms with van der Waals surface area (Å²) in [7, 11) is 0. The van der Waals surface area contributed by atoms with Gasteiger partial charge in [-0.05, 0) is 25.5 Å². The number of carboxylic acid groups (broad SMARTS) is 1. The van der Waals surface area contributed by atoms with Crippen LogP contribution in [0, 0.1) is 5.41 Å². The van der Waals surface area contributed by atoms with Gasteiger partial charge in [0.05, 0.1) is 5.41 Å². The van der Waals surface area contributed by atoms with E-state index in [-0.39, 0.29) is 12.5 Å². The molecule has 1 aliphatic carbocycles. The zero-order valence-corrected chi connectivity index (χ0v) is 12.0. The topological polar surface area (TPSA) is 66.8 Å². The lowest BCUT2D eigenvalue weighted by atomic mass is 9.90. The first-order valence-corrected chi connectivity index (χ1v) is 7.22. The Morgan fingerprint density at radius 2 is 1.86 bits per heavy atom. The number of aliphatic carboxylic acids is 1. The van der Waals surface area contributed by atoms with Crippen molar-refractivity contribution >= 4 is 11.9 Å². The third-order valence-electron chi connectivity index (χ3n) is 4.43. The number of hydrogen-bond acceptors (Lipinski definition) is 3. The number of nitrogens with zero attached hydrogens (tertiary/aromatic N) is 1. The van der Waals surface area contributed by atoms with Crippen LogP contribution in [0.2, 0.25) is 0 Å². The molecule has 1 aliphatic heterocycles. The second-order valence-electron chi connectivity index (χ2n) is 6.25. The highest BCUT2D eigenvalue weighted by atomic mass is 16.5. The Hall–Kier alpha value is -2.04. The Morgan fingerprint density at radius 1 is 1.19 bits per heavy atom. The van der Waals surface area contributed by atoms with E-state index in [1.54, 1.807) is 11.8 Å². The average Bonchev–Trinajstić information content (AvgIpc) is 3.13. The number of amides is 1. The Bertz CT molecular complexity index is 567. The fourth-order valence-electron chi connectivity index (χ4n) is 2.78. The summed E-state index contributed by atoms with van der Waals surface area (Å²) < 4.78 is 5.88. The van der Waals surface area contributed by atoms with Gasteiger partial charge in [0, 0.05) is 25.9 Å². The number of carbonyl (C=O) groups is 2. The first kappa shape index (κ1) is 13.9. The minimum Gasteiger partial charge on any atom is -0.481 e. The Morgan fingerprint density at radius 3 is 2.38 bits per heavy atom. The lowest BCUT2D eigenvalue weighted by Gasteiger charge is -2.25. The van der Waals surface area contributed by atoms with Gasteiger partial charge in [-0.15, -0.1) is 0 Å². The molecule has 2 aliphatic rings. The molecular weight excluding hydrogens is 270 g/mol. The predicted octanol–water partition coefficient (Wildman–Crippen LogP) is 1.92. The summed E-state index contributed by atoms with van der Waals surface area (Å²) in [4.78, 5) is 25.6. The van der Waals surface area contributed by atoms with Crippen molar-refractivity contribution in [3.05, 3.63) is 30.3 Å². The highest BCUT2D eigenvalue weighted by Crippen LogP contribution is 2.43. The van der Waals surface area contributed by atoms with Crippen molar-refractivity contribution in [2.75, 3.05) is 13.1 Å². The second kappa shape index (κ2) is 4.76.